The number of aromatic nitrogens is 3. The van der Waals surface area contributed by atoms with E-state index in [2.05, 4.69) is 15.4 Å². The molecule has 29 heavy (non-hydrogen) atoms. The molecule has 148 valence electrons. The number of benzene rings is 1. The largest absolute Gasteiger partial charge is 0.322 e. The molecule has 3 aromatic rings. The minimum Gasteiger partial charge on any atom is -0.322 e. The van der Waals surface area contributed by atoms with Gasteiger partial charge in [-0.25, -0.2) is 9.67 Å². The van der Waals surface area contributed by atoms with Crippen molar-refractivity contribution in [3.63, 3.8) is 0 Å². The molecule has 1 aromatic carbocycles. The molecular weight excluding hydrogens is 366 g/mol. The first-order valence-corrected chi connectivity index (χ1v) is 9.64. The van der Waals surface area contributed by atoms with Crippen LogP contribution in [0.5, 0.6) is 0 Å². The van der Waals surface area contributed by atoms with E-state index in [0.29, 0.717) is 23.5 Å². The molecule has 2 aromatic heterocycles. The van der Waals surface area contributed by atoms with Crippen LogP contribution in [0.4, 0.5) is 11.4 Å². The molecule has 4 rings (SSSR count). The second-order valence-electron chi connectivity index (χ2n) is 7.35. The van der Waals surface area contributed by atoms with E-state index in [1.807, 2.05) is 49.9 Å². The van der Waals surface area contributed by atoms with Gasteiger partial charge in [-0.1, -0.05) is 0 Å². The van der Waals surface area contributed by atoms with Crippen LogP contribution in [-0.4, -0.2) is 33.1 Å². The van der Waals surface area contributed by atoms with Crippen molar-refractivity contribution in [2.45, 2.75) is 33.6 Å². The van der Waals surface area contributed by atoms with E-state index in [0.717, 1.165) is 35.6 Å². The van der Waals surface area contributed by atoms with E-state index in [4.69, 9.17) is 0 Å². The average molecular weight is 389 g/mol. The third-order valence-electron chi connectivity index (χ3n) is 5.06. The van der Waals surface area contributed by atoms with Crippen molar-refractivity contribution in [1.29, 1.82) is 0 Å². The predicted molar refractivity (Wildman–Crippen MR) is 112 cm³/mol. The second kappa shape index (κ2) is 7.50. The Morgan fingerprint density at radius 2 is 1.93 bits per heavy atom. The summed E-state index contributed by atoms with van der Waals surface area (Å²) in [5.41, 5.74) is 4.91. The van der Waals surface area contributed by atoms with Gasteiger partial charge in [0.1, 0.15) is 0 Å². The van der Waals surface area contributed by atoms with E-state index < -0.39 is 0 Å². The molecule has 3 heterocycles. The van der Waals surface area contributed by atoms with Crippen LogP contribution < -0.4 is 10.2 Å². The van der Waals surface area contributed by atoms with Crippen molar-refractivity contribution in [2.75, 3.05) is 16.8 Å². The van der Waals surface area contributed by atoms with Crippen LogP contribution in [0.1, 0.15) is 40.2 Å². The van der Waals surface area contributed by atoms with E-state index in [1.165, 1.54) is 0 Å². The maximum atomic E-state index is 12.6. The van der Waals surface area contributed by atoms with E-state index in [-0.39, 0.29) is 11.8 Å². The number of carbonyl (C=O) groups excluding carboxylic acids is 2. The molecule has 0 radical (unpaired) electrons. The molecule has 1 aliphatic heterocycles. The van der Waals surface area contributed by atoms with Gasteiger partial charge in [0.05, 0.1) is 11.3 Å². The van der Waals surface area contributed by atoms with E-state index in [9.17, 15) is 9.59 Å². The number of nitrogens with zero attached hydrogens (tertiary/aromatic N) is 4. The van der Waals surface area contributed by atoms with Gasteiger partial charge >= 0.3 is 0 Å². The Hall–Kier alpha value is -3.48. The van der Waals surface area contributed by atoms with E-state index in [1.54, 1.807) is 23.0 Å². The van der Waals surface area contributed by atoms with Crippen LogP contribution >= 0.6 is 0 Å². The highest BCUT2D eigenvalue weighted by atomic mass is 16.2. The second-order valence-corrected chi connectivity index (χ2v) is 7.35. The average Bonchev–Trinajstić information content (AvgIpc) is 3.26. The summed E-state index contributed by atoms with van der Waals surface area (Å²) >= 11 is 0. The number of carbonyl (C=O) groups is 2. The van der Waals surface area contributed by atoms with Crippen LogP contribution in [0.25, 0.3) is 5.82 Å². The molecule has 0 saturated carbocycles. The van der Waals surface area contributed by atoms with Gasteiger partial charge in [-0.3, -0.25) is 9.59 Å². The van der Waals surface area contributed by atoms with Crippen molar-refractivity contribution in [3.05, 3.63) is 65.1 Å². The highest BCUT2D eigenvalue weighted by Gasteiger charge is 2.23. The van der Waals surface area contributed by atoms with Crippen molar-refractivity contribution < 1.29 is 9.59 Å². The number of amides is 2. The Morgan fingerprint density at radius 3 is 2.52 bits per heavy atom. The van der Waals surface area contributed by atoms with Gasteiger partial charge in [-0.2, -0.15) is 5.10 Å². The first-order valence-electron chi connectivity index (χ1n) is 9.64. The molecule has 1 saturated heterocycles. The smallest absolute Gasteiger partial charge is 0.257 e. The van der Waals surface area contributed by atoms with Crippen LogP contribution in [0.2, 0.25) is 0 Å². The fourth-order valence-electron chi connectivity index (χ4n) is 3.65. The molecule has 0 atom stereocenters. The molecule has 7 nitrogen and oxygen atoms in total. The van der Waals surface area contributed by atoms with Crippen molar-refractivity contribution in [3.8, 4) is 5.82 Å². The number of hydrogen-bond acceptors (Lipinski definition) is 4. The summed E-state index contributed by atoms with van der Waals surface area (Å²) in [5, 5.41) is 7.30. The normalized spacial score (nSPS) is 13.8. The molecule has 0 bridgehead atoms. The maximum absolute atomic E-state index is 12.6. The van der Waals surface area contributed by atoms with Gasteiger partial charge in [0.25, 0.3) is 5.91 Å². The molecular formula is C22H23N5O2. The van der Waals surface area contributed by atoms with Gasteiger partial charge in [0.2, 0.25) is 5.91 Å². The summed E-state index contributed by atoms with van der Waals surface area (Å²) in [6, 6.07) is 11.1. The van der Waals surface area contributed by atoms with Gasteiger partial charge in [0, 0.05) is 36.2 Å². The van der Waals surface area contributed by atoms with Gasteiger partial charge in [0.15, 0.2) is 5.82 Å². The van der Waals surface area contributed by atoms with Gasteiger partial charge in [-0.05, 0) is 69.2 Å². The Bertz CT molecular complexity index is 1090. The number of nitrogens with one attached hydrogen (secondary N) is 1. The molecule has 1 aliphatic rings. The zero-order valence-electron chi connectivity index (χ0n) is 16.8. The lowest BCUT2D eigenvalue weighted by atomic mass is 10.1. The van der Waals surface area contributed by atoms with Crippen LogP contribution in [0, 0.1) is 20.8 Å². The minimum absolute atomic E-state index is 0.152. The highest BCUT2D eigenvalue weighted by Crippen LogP contribution is 2.27. The Balaban J connectivity index is 1.48. The molecule has 0 aliphatic carbocycles. The summed E-state index contributed by atoms with van der Waals surface area (Å²) in [6.07, 6.45) is 3.03. The molecule has 2 amide bonds. The number of hydrogen-bond donors (Lipinski definition) is 1. The minimum atomic E-state index is -0.234. The standard InChI is InChI=1S/C22H23N5O2/c1-14-11-18(7-8-19(14)26-10-4-5-21(26)28)24-22(29)17-6-9-20(23-13-17)27-16(3)12-15(2)25-27/h6-9,11-13H,4-5,10H2,1-3H3,(H,24,29). The Labute approximate surface area is 169 Å². The monoisotopic (exact) mass is 389 g/mol. The number of rotatable bonds is 4. The fraction of sp³-hybridized carbons (Fsp3) is 0.273. The topological polar surface area (TPSA) is 80.1 Å². The first-order chi connectivity index (χ1) is 13.9. The lowest BCUT2D eigenvalue weighted by Crippen LogP contribution is -2.24. The summed E-state index contributed by atoms with van der Waals surface area (Å²) in [5.74, 6) is 0.586. The third-order valence-corrected chi connectivity index (χ3v) is 5.06. The Kier molecular flexibility index (Phi) is 4.88. The zero-order valence-corrected chi connectivity index (χ0v) is 16.8. The number of pyridine rings is 1. The third kappa shape index (κ3) is 3.76. The molecule has 0 unspecified atom stereocenters. The maximum Gasteiger partial charge on any atom is 0.257 e. The lowest BCUT2D eigenvalue weighted by molar-refractivity contribution is -0.117. The Morgan fingerprint density at radius 1 is 1.10 bits per heavy atom. The quantitative estimate of drug-likeness (QED) is 0.740. The number of anilines is 2. The van der Waals surface area contributed by atoms with Gasteiger partial charge in [-0.15, -0.1) is 0 Å². The number of aryl methyl sites for hydroxylation is 3. The predicted octanol–water partition coefficient (Wildman–Crippen LogP) is 3.57. The summed E-state index contributed by atoms with van der Waals surface area (Å²) in [7, 11) is 0. The SMILES string of the molecule is Cc1cc(C)n(-c2ccc(C(=O)Nc3ccc(N4CCCC4=O)c(C)c3)cn2)n1. The van der Waals surface area contributed by atoms with Crippen molar-refractivity contribution in [1.82, 2.24) is 14.8 Å². The zero-order chi connectivity index (χ0) is 20.5. The summed E-state index contributed by atoms with van der Waals surface area (Å²) in [4.78, 5) is 30.8. The van der Waals surface area contributed by atoms with Gasteiger partial charge < -0.3 is 10.2 Å². The fourth-order valence-corrected chi connectivity index (χ4v) is 3.65. The summed E-state index contributed by atoms with van der Waals surface area (Å²) in [6.45, 7) is 6.59. The molecule has 1 fully saturated rings. The lowest BCUT2D eigenvalue weighted by Gasteiger charge is -2.19. The van der Waals surface area contributed by atoms with Crippen LogP contribution in [0.3, 0.4) is 0 Å². The van der Waals surface area contributed by atoms with Crippen molar-refractivity contribution in [2.24, 2.45) is 0 Å². The van der Waals surface area contributed by atoms with Crippen LogP contribution in [-0.2, 0) is 4.79 Å². The molecule has 0 spiro atoms. The molecule has 7 heteroatoms. The molecule has 1 N–H and O–H groups in total. The van der Waals surface area contributed by atoms with Crippen LogP contribution in [0.15, 0.2) is 42.6 Å². The highest BCUT2D eigenvalue weighted by molar-refractivity contribution is 6.04. The summed E-state index contributed by atoms with van der Waals surface area (Å²) < 4.78 is 1.75. The van der Waals surface area contributed by atoms with E-state index >= 15 is 0 Å². The van der Waals surface area contributed by atoms with Crippen molar-refractivity contribution >= 4 is 23.2 Å². The first kappa shape index (κ1) is 18.9.